The van der Waals surface area contributed by atoms with Gasteiger partial charge in [-0.2, -0.15) is 19.3 Å². The topological polar surface area (TPSA) is 86.2 Å². The molecule has 2 aromatic heterocycles. The first-order valence-electron chi connectivity index (χ1n) is 12.5. The lowest BCUT2D eigenvalue weighted by atomic mass is 9.93. The van der Waals surface area contributed by atoms with Gasteiger partial charge in [-0.05, 0) is 47.5 Å². The Kier molecular flexibility index (Phi) is 5.71. The number of hydrogen-bond acceptors (Lipinski definition) is 6. The average molecular weight is 552 g/mol. The Morgan fingerprint density at radius 3 is 1.98 bits per heavy atom. The summed E-state index contributed by atoms with van der Waals surface area (Å²) in [5.74, 6) is -1.59. The maximum absolute atomic E-state index is 14.7. The summed E-state index contributed by atoms with van der Waals surface area (Å²) < 4.78 is 38.7. The summed E-state index contributed by atoms with van der Waals surface area (Å²) in [5, 5.41) is 21.1. The molecule has 0 saturated carbocycles. The molecule has 8 heteroatoms. The molecule has 2 heterocycles. The Morgan fingerprint density at radius 1 is 0.634 bits per heavy atom. The van der Waals surface area contributed by atoms with Crippen LogP contribution in [0.25, 0.3) is 66.2 Å². The molecule has 0 spiro atoms. The Balaban J connectivity index is 1.47. The van der Waals surface area contributed by atoms with E-state index in [4.69, 9.17) is 10.2 Å². The number of para-hydroxylation sites is 1. The van der Waals surface area contributed by atoms with Crippen LogP contribution in [0, 0.1) is 34.3 Å². The summed E-state index contributed by atoms with van der Waals surface area (Å²) in [4.78, 5) is 5.01. The summed E-state index contributed by atoms with van der Waals surface area (Å²) in [6.07, 6.45) is 0. The molecule has 5 aromatic carbocycles. The largest absolute Gasteiger partial charge is 0.247 e. The molecule has 0 N–H and O–H groups in total. The van der Waals surface area contributed by atoms with Crippen molar-refractivity contribution in [2.45, 2.75) is 0 Å². The highest BCUT2D eigenvalue weighted by Crippen LogP contribution is 2.41. The molecule has 0 bridgehead atoms. The molecule has 7 rings (SSSR count). The van der Waals surface area contributed by atoms with Gasteiger partial charge < -0.3 is 0 Å². The van der Waals surface area contributed by atoms with Crippen LogP contribution in [0.4, 0.5) is 8.78 Å². The second kappa shape index (κ2) is 9.56. The van der Waals surface area contributed by atoms with Gasteiger partial charge >= 0.3 is 0 Å². The van der Waals surface area contributed by atoms with Gasteiger partial charge in [0.25, 0.3) is 0 Å². The van der Waals surface area contributed by atoms with Gasteiger partial charge in [0.05, 0.1) is 51.8 Å². The SMILES string of the molecule is N#Cc1ccc(-c2nc3ccccc3c3c2cc(-c2ccc(-c4c(F)cc(C#N)cc4F)cc2)c2nsnc23)cc1. The second-order valence-electron chi connectivity index (χ2n) is 9.48. The second-order valence-corrected chi connectivity index (χ2v) is 10.0. The first kappa shape index (κ1) is 24.5. The maximum Gasteiger partial charge on any atom is 0.135 e. The summed E-state index contributed by atoms with van der Waals surface area (Å²) in [6, 6.07) is 30.1. The lowest BCUT2D eigenvalue weighted by Crippen LogP contribution is -1.94. The third-order valence-electron chi connectivity index (χ3n) is 7.14. The molecule has 7 aromatic rings. The van der Waals surface area contributed by atoms with Crippen LogP contribution >= 0.6 is 11.7 Å². The first-order valence-corrected chi connectivity index (χ1v) is 13.3. The van der Waals surface area contributed by atoms with Crippen LogP contribution in [0.5, 0.6) is 0 Å². The Labute approximate surface area is 236 Å². The van der Waals surface area contributed by atoms with Crippen molar-refractivity contribution in [3.05, 3.63) is 114 Å². The molecule has 0 radical (unpaired) electrons. The van der Waals surface area contributed by atoms with Gasteiger partial charge in [-0.3, -0.25) is 0 Å². The molecule has 0 fully saturated rings. The summed E-state index contributed by atoms with van der Waals surface area (Å²) >= 11 is 1.12. The predicted molar refractivity (Wildman–Crippen MR) is 156 cm³/mol. The van der Waals surface area contributed by atoms with Crippen molar-refractivity contribution in [3.8, 4) is 45.6 Å². The number of benzene rings is 5. The standard InChI is InChI=1S/C33H15F2N5S/c34-26-13-19(17-37)14-27(35)29(26)21-11-9-20(10-12-21)24-15-25-30(33-32(24)39-41-40-33)23-3-1-2-4-28(23)38-31(25)22-7-5-18(16-36)6-8-22/h1-15H. The van der Waals surface area contributed by atoms with Gasteiger partial charge in [-0.15, -0.1) is 0 Å². The van der Waals surface area contributed by atoms with E-state index in [1.807, 2.05) is 42.5 Å². The number of pyridine rings is 1. The number of nitrogens with zero attached hydrogens (tertiary/aromatic N) is 5. The van der Waals surface area contributed by atoms with Crippen molar-refractivity contribution in [2.24, 2.45) is 0 Å². The molecule has 0 amide bonds. The van der Waals surface area contributed by atoms with Crippen molar-refractivity contribution in [1.29, 1.82) is 10.5 Å². The Bertz CT molecular complexity index is 2220. The minimum Gasteiger partial charge on any atom is -0.247 e. The third kappa shape index (κ3) is 3.98. The molecular weight excluding hydrogens is 536 g/mol. The zero-order valence-corrected chi connectivity index (χ0v) is 21.9. The maximum atomic E-state index is 14.7. The summed E-state index contributed by atoms with van der Waals surface area (Å²) in [6.45, 7) is 0. The van der Waals surface area contributed by atoms with Gasteiger partial charge in [0, 0.05) is 27.3 Å². The fourth-order valence-electron chi connectivity index (χ4n) is 5.24. The Hall–Kier alpha value is -5.57. The normalized spacial score (nSPS) is 11.1. The minimum atomic E-state index is -0.795. The van der Waals surface area contributed by atoms with E-state index in [9.17, 15) is 14.0 Å². The van der Waals surface area contributed by atoms with Crippen molar-refractivity contribution < 1.29 is 8.78 Å². The molecule has 0 aliphatic carbocycles. The van der Waals surface area contributed by atoms with Crippen molar-refractivity contribution >= 4 is 44.4 Å². The zero-order chi connectivity index (χ0) is 28.1. The predicted octanol–water partition coefficient (Wildman–Crippen LogP) is 8.42. The molecule has 5 nitrogen and oxygen atoms in total. The third-order valence-corrected chi connectivity index (χ3v) is 7.67. The number of nitriles is 2. The van der Waals surface area contributed by atoms with Gasteiger partial charge in [0.15, 0.2) is 0 Å². The van der Waals surface area contributed by atoms with Crippen LogP contribution in [-0.4, -0.2) is 13.7 Å². The summed E-state index contributed by atoms with van der Waals surface area (Å²) in [7, 11) is 0. The quantitative estimate of drug-likeness (QED) is 0.206. The molecule has 0 aliphatic rings. The van der Waals surface area contributed by atoms with E-state index >= 15 is 0 Å². The van der Waals surface area contributed by atoms with E-state index in [0.29, 0.717) is 16.6 Å². The monoisotopic (exact) mass is 551 g/mol. The number of rotatable bonds is 3. The van der Waals surface area contributed by atoms with E-state index in [-0.39, 0.29) is 11.1 Å². The summed E-state index contributed by atoms with van der Waals surface area (Å²) in [5.41, 5.74) is 6.13. The van der Waals surface area contributed by atoms with Crippen LogP contribution in [-0.2, 0) is 0 Å². The number of halogens is 2. The van der Waals surface area contributed by atoms with Gasteiger partial charge in [-0.25, -0.2) is 13.8 Å². The highest BCUT2D eigenvalue weighted by molar-refractivity contribution is 7.00. The van der Waals surface area contributed by atoms with Crippen molar-refractivity contribution in [1.82, 2.24) is 13.7 Å². The van der Waals surface area contributed by atoms with Gasteiger partial charge in [0.2, 0.25) is 0 Å². The van der Waals surface area contributed by atoms with Gasteiger partial charge in [-0.1, -0.05) is 54.6 Å². The average Bonchev–Trinajstić information content (AvgIpc) is 3.50. The van der Waals surface area contributed by atoms with E-state index in [0.717, 1.165) is 73.4 Å². The minimum absolute atomic E-state index is 0.0749. The van der Waals surface area contributed by atoms with Crippen molar-refractivity contribution in [2.75, 3.05) is 0 Å². The number of aromatic nitrogens is 3. The van der Waals surface area contributed by atoms with E-state index in [1.165, 1.54) is 0 Å². The molecular formula is C33H15F2N5S. The fraction of sp³-hybridized carbons (Fsp3) is 0. The molecule has 0 atom stereocenters. The molecule has 0 saturated heterocycles. The number of hydrogen-bond donors (Lipinski definition) is 0. The van der Waals surface area contributed by atoms with E-state index in [1.54, 1.807) is 42.5 Å². The zero-order valence-electron chi connectivity index (χ0n) is 21.1. The highest BCUT2D eigenvalue weighted by Gasteiger charge is 2.20. The van der Waals surface area contributed by atoms with E-state index < -0.39 is 11.6 Å². The highest BCUT2D eigenvalue weighted by atomic mass is 32.1. The number of fused-ring (bicyclic) bond motifs is 5. The fourth-order valence-corrected chi connectivity index (χ4v) is 5.80. The molecule has 41 heavy (non-hydrogen) atoms. The van der Waals surface area contributed by atoms with Gasteiger partial charge in [0.1, 0.15) is 22.7 Å². The lowest BCUT2D eigenvalue weighted by Gasteiger charge is -2.13. The van der Waals surface area contributed by atoms with Crippen LogP contribution in [0.1, 0.15) is 11.1 Å². The van der Waals surface area contributed by atoms with Crippen LogP contribution < -0.4 is 0 Å². The first-order chi connectivity index (χ1) is 20.1. The van der Waals surface area contributed by atoms with Crippen LogP contribution in [0.15, 0.2) is 91.0 Å². The van der Waals surface area contributed by atoms with Crippen molar-refractivity contribution in [3.63, 3.8) is 0 Å². The van der Waals surface area contributed by atoms with Crippen LogP contribution in [0.2, 0.25) is 0 Å². The lowest BCUT2D eigenvalue weighted by molar-refractivity contribution is 0.589. The molecule has 192 valence electrons. The Morgan fingerprint density at radius 2 is 1.27 bits per heavy atom. The molecule has 0 unspecified atom stereocenters. The van der Waals surface area contributed by atoms with E-state index in [2.05, 4.69) is 14.8 Å². The molecule has 0 aliphatic heterocycles. The smallest absolute Gasteiger partial charge is 0.135 e. The van der Waals surface area contributed by atoms with Crippen LogP contribution in [0.3, 0.4) is 0 Å².